The first-order valence-corrected chi connectivity index (χ1v) is 7.23. The first-order valence-electron chi connectivity index (χ1n) is 5.75. The van der Waals surface area contributed by atoms with Crippen molar-refractivity contribution in [2.45, 2.75) is 17.4 Å². The summed E-state index contributed by atoms with van der Waals surface area (Å²) >= 11 is 0. The van der Waals surface area contributed by atoms with Crippen LogP contribution in [0.2, 0.25) is 0 Å². The van der Waals surface area contributed by atoms with Gasteiger partial charge in [-0.2, -0.15) is 0 Å². The van der Waals surface area contributed by atoms with Crippen LogP contribution in [0.1, 0.15) is 6.42 Å². The van der Waals surface area contributed by atoms with Gasteiger partial charge < -0.3 is 14.8 Å². The molecule has 0 aliphatic heterocycles. The Morgan fingerprint density at radius 1 is 1.38 bits per heavy atom. The number of sulfonamides is 1. The molecule has 1 aromatic heterocycles. The van der Waals surface area contributed by atoms with E-state index in [-0.39, 0.29) is 13.0 Å². The van der Waals surface area contributed by atoms with Gasteiger partial charge in [-0.3, -0.25) is 9.36 Å². The van der Waals surface area contributed by atoms with E-state index in [1.54, 1.807) is 0 Å². The highest BCUT2D eigenvalue weighted by atomic mass is 32.2. The first kappa shape index (κ1) is 17.1. The van der Waals surface area contributed by atoms with Crippen molar-refractivity contribution in [1.82, 2.24) is 13.9 Å². The predicted octanol–water partition coefficient (Wildman–Crippen LogP) is -2.80. The minimum absolute atomic E-state index is 0.360. The Hall–Kier alpha value is -1.98. The Labute approximate surface area is 119 Å². The maximum atomic E-state index is 12.0. The Kier molecular flexibility index (Phi) is 5.04. The summed E-state index contributed by atoms with van der Waals surface area (Å²) in [6.45, 7) is -0.373. The number of nitrogens with zero attached hydrogens (tertiary/aromatic N) is 2. The SMILES string of the molecule is Cn1cc(S(=O)(=O)NCCC(O)C(=O)O)c(=O)n(C)c1=O. The molecule has 0 radical (unpaired) electrons. The third-order valence-electron chi connectivity index (χ3n) is 2.70. The molecule has 0 aliphatic carbocycles. The average molecular weight is 321 g/mol. The molecule has 21 heavy (non-hydrogen) atoms. The molecular formula is C10H15N3O7S. The normalized spacial score (nSPS) is 13.1. The number of hydrogen-bond donors (Lipinski definition) is 3. The Bertz CT molecular complexity index is 762. The molecule has 1 heterocycles. The van der Waals surface area contributed by atoms with Gasteiger partial charge in [0.25, 0.3) is 5.56 Å². The van der Waals surface area contributed by atoms with Crippen LogP contribution in [0, 0.1) is 0 Å². The van der Waals surface area contributed by atoms with Gasteiger partial charge in [0.15, 0.2) is 11.0 Å². The fourth-order valence-electron chi connectivity index (χ4n) is 1.49. The number of nitrogens with one attached hydrogen (secondary N) is 1. The molecule has 1 aromatic rings. The van der Waals surface area contributed by atoms with Gasteiger partial charge in [0, 0.05) is 26.8 Å². The molecule has 1 atom stereocenters. The topological polar surface area (TPSA) is 148 Å². The maximum Gasteiger partial charge on any atom is 0.332 e. The highest BCUT2D eigenvalue weighted by Gasteiger charge is 2.22. The monoisotopic (exact) mass is 321 g/mol. The quantitative estimate of drug-likeness (QED) is 0.512. The van der Waals surface area contributed by atoms with E-state index in [4.69, 9.17) is 10.2 Å². The fourth-order valence-corrected chi connectivity index (χ4v) is 2.70. The highest BCUT2D eigenvalue weighted by Crippen LogP contribution is 2.00. The van der Waals surface area contributed by atoms with Crippen molar-refractivity contribution in [2.24, 2.45) is 14.1 Å². The van der Waals surface area contributed by atoms with E-state index in [9.17, 15) is 22.8 Å². The number of carboxylic acid groups (broad SMARTS) is 1. The molecule has 0 fully saturated rings. The second kappa shape index (κ2) is 6.20. The summed E-state index contributed by atoms with van der Waals surface area (Å²) < 4.78 is 27.5. The van der Waals surface area contributed by atoms with E-state index in [1.165, 1.54) is 7.05 Å². The maximum absolute atomic E-state index is 12.0. The second-order valence-electron chi connectivity index (χ2n) is 4.29. The van der Waals surface area contributed by atoms with Crippen LogP contribution in [-0.4, -0.2) is 46.4 Å². The van der Waals surface area contributed by atoms with Gasteiger partial charge in [0.2, 0.25) is 10.0 Å². The third kappa shape index (κ3) is 3.77. The minimum atomic E-state index is -4.22. The van der Waals surface area contributed by atoms with Crippen molar-refractivity contribution in [3.63, 3.8) is 0 Å². The number of aliphatic carboxylic acids is 1. The molecule has 1 rings (SSSR count). The number of aliphatic hydroxyl groups is 1. The number of carboxylic acids is 1. The molecule has 10 nitrogen and oxygen atoms in total. The van der Waals surface area contributed by atoms with Gasteiger partial charge in [0.05, 0.1) is 0 Å². The van der Waals surface area contributed by atoms with E-state index in [0.717, 1.165) is 17.8 Å². The van der Waals surface area contributed by atoms with E-state index in [2.05, 4.69) is 0 Å². The summed E-state index contributed by atoms with van der Waals surface area (Å²) in [7, 11) is -1.80. The molecule has 1 unspecified atom stereocenters. The van der Waals surface area contributed by atoms with Crippen LogP contribution >= 0.6 is 0 Å². The van der Waals surface area contributed by atoms with Gasteiger partial charge >= 0.3 is 11.7 Å². The Morgan fingerprint density at radius 2 is 1.95 bits per heavy atom. The van der Waals surface area contributed by atoms with Crippen LogP contribution < -0.4 is 16.0 Å². The lowest BCUT2D eigenvalue weighted by Crippen LogP contribution is -2.42. The summed E-state index contributed by atoms with van der Waals surface area (Å²) in [6, 6.07) is 0. The molecule has 0 saturated carbocycles. The summed E-state index contributed by atoms with van der Waals surface area (Å²) in [4.78, 5) is 33.0. The summed E-state index contributed by atoms with van der Waals surface area (Å²) in [5.41, 5.74) is -1.68. The van der Waals surface area contributed by atoms with Crippen molar-refractivity contribution in [3.05, 3.63) is 27.0 Å². The van der Waals surface area contributed by atoms with Crippen LogP contribution in [0.3, 0.4) is 0 Å². The van der Waals surface area contributed by atoms with Crippen molar-refractivity contribution in [3.8, 4) is 0 Å². The van der Waals surface area contributed by atoms with Crippen molar-refractivity contribution < 1.29 is 23.4 Å². The number of aryl methyl sites for hydroxylation is 1. The highest BCUT2D eigenvalue weighted by molar-refractivity contribution is 7.89. The molecule has 118 valence electrons. The number of aromatic nitrogens is 2. The molecule has 3 N–H and O–H groups in total. The van der Waals surface area contributed by atoms with E-state index in [0.29, 0.717) is 4.57 Å². The van der Waals surface area contributed by atoms with Crippen LogP contribution in [0.15, 0.2) is 20.7 Å². The molecule has 0 bridgehead atoms. The lowest BCUT2D eigenvalue weighted by molar-refractivity contribution is -0.146. The molecule has 0 spiro atoms. The van der Waals surface area contributed by atoms with Crippen LogP contribution in [-0.2, 0) is 28.9 Å². The zero-order valence-corrected chi connectivity index (χ0v) is 12.1. The predicted molar refractivity (Wildman–Crippen MR) is 70.4 cm³/mol. The number of aliphatic hydroxyl groups excluding tert-OH is 1. The molecule has 0 aromatic carbocycles. The Balaban J connectivity index is 3.03. The summed E-state index contributed by atoms with van der Waals surface area (Å²) in [6.07, 6.45) is -1.20. The zero-order chi connectivity index (χ0) is 16.4. The van der Waals surface area contributed by atoms with E-state index in [1.807, 2.05) is 4.72 Å². The van der Waals surface area contributed by atoms with Gasteiger partial charge in [0.1, 0.15) is 0 Å². The zero-order valence-electron chi connectivity index (χ0n) is 11.3. The molecule has 0 amide bonds. The molecule has 0 aliphatic rings. The van der Waals surface area contributed by atoms with Gasteiger partial charge in [-0.1, -0.05) is 0 Å². The minimum Gasteiger partial charge on any atom is -0.479 e. The van der Waals surface area contributed by atoms with Crippen molar-refractivity contribution in [1.29, 1.82) is 0 Å². The molecule has 11 heteroatoms. The van der Waals surface area contributed by atoms with Crippen LogP contribution in [0.25, 0.3) is 0 Å². The number of rotatable bonds is 6. The number of hydrogen-bond acceptors (Lipinski definition) is 6. The van der Waals surface area contributed by atoms with Crippen molar-refractivity contribution in [2.75, 3.05) is 6.54 Å². The third-order valence-corrected chi connectivity index (χ3v) is 4.14. The first-order chi connectivity index (χ1) is 9.58. The summed E-state index contributed by atoms with van der Waals surface area (Å²) in [5, 5.41) is 17.5. The Morgan fingerprint density at radius 3 is 2.48 bits per heavy atom. The average Bonchev–Trinajstić information content (AvgIpc) is 2.39. The lowest BCUT2D eigenvalue weighted by atomic mass is 10.3. The van der Waals surface area contributed by atoms with E-state index >= 15 is 0 Å². The molecular weight excluding hydrogens is 306 g/mol. The smallest absolute Gasteiger partial charge is 0.332 e. The number of carbonyl (C=O) groups is 1. The van der Waals surface area contributed by atoms with E-state index < -0.39 is 38.2 Å². The second-order valence-corrected chi connectivity index (χ2v) is 6.03. The van der Waals surface area contributed by atoms with Crippen LogP contribution in [0.5, 0.6) is 0 Å². The largest absolute Gasteiger partial charge is 0.479 e. The fraction of sp³-hybridized carbons (Fsp3) is 0.500. The van der Waals surface area contributed by atoms with Crippen molar-refractivity contribution >= 4 is 16.0 Å². The van der Waals surface area contributed by atoms with Crippen LogP contribution in [0.4, 0.5) is 0 Å². The van der Waals surface area contributed by atoms with Gasteiger partial charge in [-0.15, -0.1) is 0 Å². The van der Waals surface area contributed by atoms with Gasteiger partial charge in [-0.25, -0.2) is 22.7 Å². The standard InChI is InChI=1S/C10H15N3O7S/c1-12-5-7(8(15)13(2)10(12)18)21(19,20)11-4-3-6(14)9(16)17/h5-6,11,14H,3-4H2,1-2H3,(H,16,17). The lowest BCUT2D eigenvalue weighted by Gasteiger charge is -2.10. The van der Waals surface area contributed by atoms with Gasteiger partial charge in [-0.05, 0) is 6.42 Å². The summed E-state index contributed by atoms with van der Waals surface area (Å²) in [5.74, 6) is -1.48. The molecule has 0 saturated heterocycles.